The number of carboxylic acids is 1. The zero-order chi connectivity index (χ0) is 9.97. The lowest BCUT2D eigenvalue weighted by atomic mass is 9.86. The second kappa shape index (κ2) is 3.77. The van der Waals surface area contributed by atoms with Crippen LogP contribution < -0.4 is 0 Å². The third kappa shape index (κ3) is 1.76. The average Bonchev–Trinajstić information content (AvgIpc) is 2.71. The molecule has 1 aliphatic rings. The number of hydrogen-bond acceptors (Lipinski definition) is 3. The number of hydrogen-bond donors (Lipinski definition) is 1. The Morgan fingerprint density at radius 2 is 1.79 bits per heavy atom. The summed E-state index contributed by atoms with van der Waals surface area (Å²) < 4.78 is 1.97. The van der Waals surface area contributed by atoms with Crippen molar-refractivity contribution in [3.63, 3.8) is 0 Å². The second-order valence-corrected chi connectivity index (χ2v) is 3.75. The fraction of sp³-hybridized carbons (Fsp3) is 0.667. The molecule has 1 aromatic rings. The highest BCUT2D eigenvalue weighted by Crippen LogP contribution is 2.31. The van der Waals surface area contributed by atoms with Gasteiger partial charge in [0.05, 0.1) is 5.92 Å². The zero-order valence-corrected chi connectivity index (χ0v) is 7.83. The Balaban J connectivity index is 1.93. The van der Waals surface area contributed by atoms with E-state index in [0.29, 0.717) is 6.04 Å². The van der Waals surface area contributed by atoms with Crippen molar-refractivity contribution in [3.05, 3.63) is 12.7 Å². The van der Waals surface area contributed by atoms with Crippen molar-refractivity contribution in [2.45, 2.75) is 31.7 Å². The molecule has 0 atom stereocenters. The summed E-state index contributed by atoms with van der Waals surface area (Å²) in [6.07, 6.45) is 6.75. The first-order chi connectivity index (χ1) is 6.77. The molecule has 0 spiro atoms. The van der Waals surface area contributed by atoms with E-state index in [1.165, 1.54) is 0 Å². The Labute approximate surface area is 81.8 Å². The van der Waals surface area contributed by atoms with Crippen molar-refractivity contribution >= 4 is 5.97 Å². The molecule has 76 valence electrons. The van der Waals surface area contributed by atoms with Gasteiger partial charge in [-0.1, -0.05) is 0 Å². The predicted molar refractivity (Wildman–Crippen MR) is 48.7 cm³/mol. The van der Waals surface area contributed by atoms with Gasteiger partial charge in [-0.2, -0.15) is 0 Å². The van der Waals surface area contributed by atoms with Gasteiger partial charge in [0.2, 0.25) is 0 Å². The minimum Gasteiger partial charge on any atom is -0.481 e. The molecule has 0 unspecified atom stereocenters. The molecule has 1 aliphatic carbocycles. The van der Waals surface area contributed by atoms with Crippen molar-refractivity contribution in [1.29, 1.82) is 0 Å². The molecule has 1 fully saturated rings. The molecule has 1 saturated carbocycles. The zero-order valence-electron chi connectivity index (χ0n) is 7.83. The minimum atomic E-state index is -0.660. The monoisotopic (exact) mass is 195 g/mol. The van der Waals surface area contributed by atoms with Gasteiger partial charge in [-0.15, -0.1) is 10.2 Å². The fourth-order valence-corrected chi connectivity index (χ4v) is 2.02. The topological polar surface area (TPSA) is 68.0 Å². The number of aromatic nitrogens is 3. The van der Waals surface area contributed by atoms with Crippen LogP contribution in [0.1, 0.15) is 31.7 Å². The maximum absolute atomic E-state index is 10.7. The van der Waals surface area contributed by atoms with E-state index in [2.05, 4.69) is 10.2 Å². The second-order valence-electron chi connectivity index (χ2n) is 3.75. The summed E-state index contributed by atoms with van der Waals surface area (Å²) in [7, 11) is 0. The van der Waals surface area contributed by atoms with Crippen LogP contribution >= 0.6 is 0 Å². The molecule has 1 N–H and O–H groups in total. The van der Waals surface area contributed by atoms with Crippen LogP contribution in [0.2, 0.25) is 0 Å². The highest BCUT2D eigenvalue weighted by atomic mass is 16.4. The summed E-state index contributed by atoms with van der Waals surface area (Å²) in [5.74, 6) is -0.810. The molecule has 2 rings (SSSR count). The smallest absolute Gasteiger partial charge is 0.306 e. The molecule has 0 aliphatic heterocycles. The lowest BCUT2D eigenvalue weighted by Gasteiger charge is -2.26. The maximum atomic E-state index is 10.7. The first-order valence-corrected chi connectivity index (χ1v) is 4.84. The molecule has 5 heteroatoms. The first-order valence-electron chi connectivity index (χ1n) is 4.84. The van der Waals surface area contributed by atoms with Crippen LogP contribution in [0.5, 0.6) is 0 Å². The molecule has 0 bridgehead atoms. The minimum absolute atomic E-state index is 0.150. The third-order valence-electron chi connectivity index (χ3n) is 2.90. The van der Waals surface area contributed by atoms with E-state index in [9.17, 15) is 4.79 Å². The van der Waals surface area contributed by atoms with Gasteiger partial charge in [-0.3, -0.25) is 4.79 Å². The van der Waals surface area contributed by atoms with Crippen LogP contribution in [0.4, 0.5) is 0 Å². The molecule has 0 amide bonds. The van der Waals surface area contributed by atoms with E-state index in [0.717, 1.165) is 25.7 Å². The van der Waals surface area contributed by atoms with E-state index in [1.54, 1.807) is 12.7 Å². The fourth-order valence-electron chi connectivity index (χ4n) is 2.02. The molecule has 5 nitrogen and oxygen atoms in total. The number of carbonyl (C=O) groups is 1. The Bertz CT molecular complexity index is 302. The summed E-state index contributed by atoms with van der Waals surface area (Å²) in [6.45, 7) is 0. The third-order valence-corrected chi connectivity index (χ3v) is 2.90. The summed E-state index contributed by atoms with van der Waals surface area (Å²) in [4.78, 5) is 10.7. The molecule has 0 saturated heterocycles. The average molecular weight is 195 g/mol. The quantitative estimate of drug-likeness (QED) is 0.767. The maximum Gasteiger partial charge on any atom is 0.306 e. The van der Waals surface area contributed by atoms with Crippen molar-refractivity contribution in [1.82, 2.24) is 14.8 Å². The van der Waals surface area contributed by atoms with Crippen molar-refractivity contribution in [2.24, 2.45) is 5.92 Å². The Morgan fingerprint density at radius 3 is 2.29 bits per heavy atom. The highest BCUT2D eigenvalue weighted by Gasteiger charge is 2.26. The Morgan fingerprint density at radius 1 is 1.21 bits per heavy atom. The molecular weight excluding hydrogens is 182 g/mol. The van der Waals surface area contributed by atoms with Crippen LogP contribution in [0.15, 0.2) is 12.7 Å². The van der Waals surface area contributed by atoms with Gasteiger partial charge in [0, 0.05) is 6.04 Å². The van der Waals surface area contributed by atoms with Crippen molar-refractivity contribution in [2.75, 3.05) is 0 Å². The summed E-state index contributed by atoms with van der Waals surface area (Å²) >= 11 is 0. The molecule has 1 heterocycles. The van der Waals surface area contributed by atoms with E-state index in [1.807, 2.05) is 4.57 Å². The molecule has 14 heavy (non-hydrogen) atoms. The van der Waals surface area contributed by atoms with Gasteiger partial charge in [-0.05, 0) is 25.7 Å². The molecule has 1 aromatic heterocycles. The SMILES string of the molecule is O=C(O)C1CCC(n2cnnc2)CC1. The number of carboxylic acid groups (broad SMARTS) is 1. The standard InChI is InChI=1S/C9H13N3O2/c13-9(14)7-1-3-8(4-2-7)12-5-10-11-6-12/h5-8H,1-4H2,(H,13,14). The number of rotatable bonds is 2. The Kier molecular flexibility index (Phi) is 2.47. The van der Waals surface area contributed by atoms with E-state index in [-0.39, 0.29) is 5.92 Å². The van der Waals surface area contributed by atoms with E-state index < -0.39 is 5.97 Å². The van der Waals surface area contributed by atoms with Gasteiger partial charge in [0.15, 0.2) is 0 Å². The summed E-state index contributed by atoms with van der Waals surface area (Å²) in [5, 5.41) is 16.3. The van der Waals surface area contributed by atoms with Crippen LogP contribution in [0, 0.1) is 5.92 Å². The molecule has 0 aromatic carbocycles. The normalized spacial score (nSPS) is 27.4. The lowest BCUT2D eigenvalue weighted by molar-refractivity contribution is -0.143. The predicted octanol–water partition coefficient (Wildman–Crippen LogP) is 1.09. The van der Waals surface area contributed by atoms with E-state index >= 15 is 0 Å². The van der Waals surface area contributed by atoms with Gasteiger partial charge in [0.1, 0.15) is 12.7 Å². The molecule has 0 radical (unpaired) electrons. The summed E-state index contributed by atoms with van der Waals surface area (Å²) in [6, 6.07) is 0.389. The highest BCUT2D eigenvalue weighted by molar-refractivity contribution is 5.69. The van der Waals surface area contributed by atoms with Gasteiger partial charge in [0.25, 0.3) is 0 Å². The van der Waals surface area contributed by atoms with Crippen LogP contribution in [0.25, 0.3) is 0 Å². The van der Waals surface area contributed by atoms with Crippen LogP contribution in [0.3, 0.4) is 0 Å². The van der Waals surface area contributed by atoms with Gasteiger partial charge >= 0.3 is 5.97 Å². The van der Waals surface area contributed by atoms with Crippen molar-refractivity contribution in [3.8, 4) is 0 Å². The van der Waals surface area contributed by atoms with Gasteiger partial charge < -0.3 is 9.67 Å². The van der Waals surface area contributed by atoms with Crippen molar-refractivity contribution < 1.29 is 9.90 Å². The number of aliphatic carboxylic acids is 1. The largest absolute Gasteiger partial charge is 0.481 e. The first kappa shape index (κ1) is 9.18. The Hall–Kier alpha value is -1.39. The van der Waals surface area contributed by atoms with E-state index in [4.69, 9.17) is 5.11 Å². The summed E-state index contributed by atoms with van der Waals surface area (Å²) in [5.41, 5.74) is 0. The van der Waals surface area contributed by atoms with Gasteiger partial charge in [-0.25, -0.2) is 0 Å². The number of nitrogens with zero attached hydrogens (tertiary/aromatic N) is 3. The van der Waals surface area contributed by atoms with Crippen LogP contribution in [-0.4, -0.2) is 25.8 Å². The molecular formula is C9H13N3O2. The lowest BCUT2D eigenvalue weighted by Crippen LogP contribution is -2.22. The van der Waals surface area contributed by atoms with Crippen LogP contribution in [-0.2, 0) is 4.79 Å².